The third-order valence-electron chi connectivity index (χ3n) is 5.43. The number of amides is 2. The van der Waals surface area contributed by atoms with Gasteiger partial charge in [-0.3, -0.25) is 14.5 Å². The van der Waals surface area contributed by atoms with Crippen LogP contribution in [0.3, 0.4) is 0 Å². The number of aromatic amines is 1. The van der Waals surface area contributed by atoms with Crippen molar-refractivity contribution in [1.29, 1.82) is 0 Å². The van der Waals surface area contributed by atoms with E-state index in [9.17, 15) is 9.59 Å². The smallest absolute Gasteiger partial charge is 0.283 e. The maximum absolute atomic E-state index is 13.3. The summed E-state index contributed by atoms with van der Waals surface area (Å²) in [6.07, 6.45) is 3.59. The lowest BCUT2D eigenvalue weighted by atomic mass is 10.2. The Kier molecular flexibility index (Phi) is 6.36. The summed E-state index contributed by atoms with van der Waals surface area (Å²) in [4.78, 5) is 35.2. The molecule has 0 fully saturated rings. The van der Waals surface area contributed by atoms with Crippen LogP contribution >= 0.6 is 11.8 Å². The van der Waals surface area contributed by atoms with Crippen molar-refractivity contribution in [2.24, 2.45) is 4.99 Å². The molecule has 7 nitrogen and oxygen atoms in total. The Labute approximate surface area is 206 Å². The van der Waals surface area contributed by atoms with Gasteiger partial charge in [0.25, 0.3) is 5.91 Å². The fraction of sp³-hybridized carbons (Fsp3) is 0.0741. The van der Waals surface area contributed by atoms with Crippen LogP contribution in [0.25, 0.3) is 17.0 Å². The zero-order chi connectivity index (χ0) is 24.2. The van der Waals surface area contributed by atoms with Gasteiger partial charge in [0.15, 0.2) is 5.17 Å². The standard InChI is InChI=1S/C27H22N4O3S/c1-34-22-11-7-18(8-12-22)15-24-26(33)31(21-5-3-2-4-6-21)27(30-24)35-17-25(32)29-20-10-9-19-13-14-28-23(19)16-20/h2-16,28H,17H2,1H3,(H,29,32)/b24-15-. The van der Waals surface area contributed by atoms with Crippen molar-refractivity contribution >= 4 is 57.1 Å². The average molecular weight is 483 g/mol. The van der Waals surface area contributed by atoms with Gasteiger partial charge in [0, 0.05) is 17.4 Å². The molecule has 174 valence electrons. The number of anilines is 2. The van der Waals surface area contributed by atoms with Crippen LogP contribution in [0.5, 0.6) is 5.75 Å². The van der Waals surface area contributed by atoms with Crippen LogP contribution in [0, 0.1) is 0 Å². The Bertz CT molecular complexity index is 1440. The van der Waals surface area contributed by atoms with E-state index in [1.807, 2.05) is 85.1 Å². The van der Waals surface area contributed by atoms with E-state index in [2.05, 4.69) is 15.3 Å². The molecule has 2 heterocycles. The topological polar surface area (TPSA) is 86.8 Å². The molecule has 0 bridgehead atoms. The van der Waals surface area contributed by atoms with Gasteiger partial charge in [-0.1, -0.05) is 48.2 Å². The number of para-hydroxylation sites is 1. The molecule has 0 radical (unpaired) electrons. The first-order valence-corrected chi connectivity index (χ1v) is 11.9. The Morgan fingerprint density at radius 3 is 2.66 bits per heavy atom. The third kappa shape index (κ3) is 4.97. The lowest BCUT2D eigenvalue weighted by Gasteiger charge is -2.17. The molecule has 5 rings (SSSR count). The minimum atomic E-state index is -0.243. The summed E-state index contributed by atoms with van der Waals surface area (Å²) < 4.78 is 5.20. The monoisotopic (exact) mass is 482 g/mol. The van der Waals surface area contributed by atoms with Gasteiger partial charge in [-0.2, -0.15) is 0 Å². The minimum Gasteiger partial charge on any atom is -0.497 e. The predicted octanol–water partition coefficient (Wildman–Crippen LogP) is 5.29. The molecule has 0 saturated heterocycles. The summed E-state index contributed by atoms with van der Waals surface area (Å²) in [6, 6.07) is 24.3. The molecule has 0 aliphatic carbocycles. The highest BCUT2D eigenvalue weighted by atomic mass is 32.2. The van der Waals surface area contributed by atoms with Gasteiger partial charge in [-0.25, -0.2) is 4.99 Å². The second-order valence-corrected chi connectivity index (χ2v) is 8.73. The summed E-state index contributed by atoms with van der Waals surface area (Å²) >= 11 is 1.22. The van der Waals surface area contributed by atoms with Crippen molar-refractivity contribution in [1.82, 2.24) is 4.98 Å². The van der Waals surface area contributed by atoms with Crippen molar-refractivity contribution in [3.8, 4) is 5.75 Å². The number of H-pyrrole nitrogens is 1. The van der Waals surface area contributed by atoms with E-state index in [4.69, 9.17) is 4.74 Å². The molecule has 0 saturated carbocycles. The SMILES string of the molecule is COc1ccc(/C=C2\N=C(SCC(=O)Nc3ccc4cc[nH]c4c3)N(c3ccccc3)C2=O)cc1. The van der Waals surface area contributed by atoms with Crippen molar-refractivity contribution in [2.45, 2.75) is 0 Å². The van der Waals surface area contributed by atoms with Gasteiger partial charge >= 0.3 is 0 Å². The summed E-state index contributed by atoms with van der Waals surface area (Å²) in [5.74, 6) is 0.411. The molecule has 1 aliphatic rings. The molecule has 3 aromatic carbocycles. The number of carbonyl (C=O) groups is 2. The Morgan fingerprint density at radius 2 is 1.89 bits per heavy atom. The van der Waals surface area contributed by atoms with E-state index in [0.717, 1.165) is 22.2 Å². The molecule has 35 heavy (non-hydrogen) atoms. The number of fused-ring (bicyclic) bond motifs is 1. The summed E-state index contributed by atoms with van der Waals surface area (Å²) in [5.41, 5.74) is 3.48. The third-order valence-corrected chi connectivity index (χ3v) is 6.37. The number of nitrogens with one attached hydrogen (secondary N) is 2. The normalized spacial score (nSPS) is 14.4. The van der Waals surface area contributed by atoms with Gasteiger partial charge < -0.3 is 15.0 Å². The Morgan fingerprint density at radius 1 is 1.09 bits per heavy atom. The number of nitrogens with zero attached hydrogens (tertiary/aromatic N) is 2. The number of aliphatic imine (C=N–C) groups is 1. The Hall–Kier alpha value is -4.30. The van der Waals surface area contributed by atoms with E-state index in [-0.39, 0.29) is 17.6 Å². The fourth-order valence-corrected chi connectivity index (χ4v) is 4.52. The molecule has 1 aromatic heterocycles. The maximum atomic E-state index is 13.3. The fourth-order valence-electron chi connectivity index (χ4n) is 3.71. The van der Waals surface area contributed by atoms with Crippen LogP contribution in [0.2, 0.25) is 0 Å². The van der Waals surface area contributed by atoms with Crippen molar-refractivity contribution in [2.75, 3.05) is 23.1 Å². The van der Waals surface area contributed by atoms with E-state index in [1.165, 1.54) is 16.7 Å². The summed E-state index contributed by atoms with van der Waals surface area (Å²) in [6.45, 7) is 0. The van der Waals surface area contributed by atoms with Crippen LogP contribution in [-0.2, 0) is 9.59 Å². The van der Waals surface area contributed by atoms with Crippen LogP contribution < -0.4 is 15.0 Å². The largest absolute Gasteiger partial charge is 0.497 e. The zero-order valence-electron chi connectivity index (χ0n) is 18.9. The predicted molar refractivity (Wildman–Crippen MR) is 142 cm³/mol. The first kappa shape index (κ1) is 22.5. The van der Waals surface area contributed by atoms with E-state index in [1.54, 1.807) is 13.2 Å². The molecule has 4 aromatic rings. The van der Waals surface area contributed by atoms with E-state index >= 15 is 0 Å². The molecular weight excluding hydrogens is 460 g/mol. The minimum absolute atomic E-state index is 0.105. The van der Waals surface area contributed by atoms with Gasteiger partial charge in [0.2, 0.25) is 5.91 Å². The molecule has 8 heteroatoms. The Balaban J connectivity index is 1.35. The van der Waals surface area contributed by atoms with Crippen LogP contribution in [0.1, 0.15) is 5.56 Å². The molecule has 2 amide bonds. The number of rotatable bonds is 6. The van der Waals surface area contributed by atoms with E-state index in [0.29, 0.717) is 22.2 Å². The van der Waals surface area contributed by atoms with Gasteiger partial charge in [0.1, 0.15) is 11.4 Å². The number of aromatic nitrogens is 1. The van der Waals surface area contributed by atoms with Crippen LogP contribution in [0.4, 0.5) is 11.4 Å². The number of thioether (sulfide) groups is 1. The molecular formula is C27H22N4O3S. The first-order chi connectivity index (χ1) is 17.1. The van der Waals surface area contributed by atoms with Crippen molar-refractivity contribution < 1.29 is 14.3 Å². The molecule has 1 aliphatic heterocycles. The maximum Gasteiger partial charge on any atom is 0.283 e. The first-order valence-electron chi connectivity index (χ1n) is 10.9. The number of benzene rings is 3. The molecule has 0 spiro atoms. The highest BCUT2D eigenvalue weighted by molar-refractivity contribution is 8.14. The van der Waals surface area contributed by atoms with Gasteiger partial charge in [0.05, 0.1) is 18.6 Å². The second kappa shape index (κ2) is 9.90. The molecule has 2 N–H and O–H groups in total. The van der Waals surface area contributed by atoms with E-state index < -0.39 is 0 Å². The average Bonchev–Trinajstić information content (AvgIpc) is 3.47. The number of ether oxygens (including phenoxy) is 1. The molecule has 0 unspecified atom stereocenters. The quantitative estimate of drug-likeness (QED) is 0.366. The van der Waals surface area contributed by atoms with Gasteiger partial charge in [-0.15, -0.1) is 0 Å². The highest BCUT2D eigenvalue weighted by Gasteiger charge is 2.32. The highest BCUT2D eigenvalue weighted by Crippen LogP contribution is 2.29. The number of hydrogen-bond donors (Lipinski definition) is 2. The lowest BCUT2D eigenvalue weighted by molar-refractivity contribution is -0.114. The van der Waals surface area contributed by atoms with Crippen LogP contribution in [0.15, 0.2) is 95.7 Å². The number of amidine groups is 1. The van der Waals surface area contributed by atoms with Crippen molar-refractivity contribution in [3.05, 3.63) is 96.3 Å². The van der Waals surface area contributed by atoms with Crippen LogP contribution in [-0.4, -0.2) is 34.8 Å². The molecule has 0 atom stereocenters. The second-order valence-electron chi connectivity index (χ2n) is 7.79. The summed E-state index contributed by atoms with van der Waals surface area (Å²) in [7, 11) is 1.61. The number of hydrogen-bond acceptors (Lipinski definition) is 5. The summed E-state index contributed by atoms with van der Waals surface area (Å²) in [5, 5.41) is 4.44. The number of methoxy groups -OCH3 is 1. The number of carbonyl (C=O) groups excluding carboxylic acids is 2. The lowest BCUT2D eigenvalue weighted by Crippen LogP contribution is -2.31. The van der Waals surface area contributed by atoms with Crippen molar-refractivity contribution in [3.63, 3.8) is 0 Å². The zero-order valence-corrected chi connectivity index (χ0v) is 19.7. The van der Waals surface area contributed by atoms with Gasteiger partial charge in [-0.05, 0) is 59.5 Å².